The van der Waals surface area contributed by atoms with Crippen molar-refractivity contribution in [3.63, 3.8) is 0 Å². The molecule has 4 N–H and O–H groups in total. The number of aliphatic hydroxyl groups excluding tert-OH is 2. The van der Waals surface area contributed by atoms with Crippen LogP contribution in [0.5, 0.6) is 0 Å². The number of rotatable bonds is 3. The Morgan fingerprint density at radius 3 is 2.00 bits per heavy atom. The third-order valence-corrected chi connectivity index (χ3v) is 1.68. The molecule has 0 heterocycles. The smallest absolute Gasteiger partial charge is 0.423 e. The first-order valence-electron chi connectivity index (χ1n) is 4.74. The van der Waals surface area contributed by atoms with E-state index in [2.05, 4.69) is 0 Å². The van der Waals surface area contributed by atoms with Crippen LogP contribution in [-0.2, 0) is 0 Å². The van der Waals surface area contributed by atoms with Crippen LogP contribution in [0.1, 0.15) is 12.0 Å². The zero-order valence-corrected chi connectivity index (χ0v) is 8.74. The van der Waals surface area contributed by atoms with E-state index >= 15 is 0 Å². The molecule has 0 bridgehead atoms. The predicted octanol–water partition coefficient (Wildman–Crippen LogP) is -1.40. The summed E-state index contributed by atoms with van der Waals surface area (Å²) < 4.78 is 0. The van der Waals surface area contributed by atoms with Crippen molar-refractivity contribution in [3.05, 3.63) is 29.8 Å². The Morgan fingerprint density at radius 1 is 1.12 bits per heavy atom. The molecular weight excluding hydrogens is 209 g/mol. The second-order valence-electron chi connectivity index (χ2n) is 2.87. The van der Waals surface area contributed by atoms with E-state index in [1.807, 2.05) is 6.07 Å². The molecule has 86 valence electrons. The molecule has 0 saturated heterocycles. The molecule has 0 spiro atoms. The van der Waals surface area contributed by atoms with Crippen molar-refractivity contribution >= 4 is 12.6 Å². The Bertz CT molecular complexity index is 336. The summed E-state index contributed by atoms with van der Waals surface area (Å²) in [6.07, 6.45) is 0.500. The van der Waals surface area contributed by atoms with Gasteiger partial charge in [0.25, 0.3) is 0 Å². The normalized spacial score (nSPS) is 8.69. The second kappa shape index (κ2) is 8.89. The molecule has 0 atom stereocenters. The van der Waals surface area contributed by atoms with E-state index in [4.69, 9.17) is 25.5 Å². The maximum Gasteiger partial charge on any atom is 0.489 e. The summed E-state index contributed by atoms with van der Waals surface area (Å²) in [5, 5.41) is 41.8. The molecule has 0 amide bonds. The molecule has 6 heteroatoms. The van der Waals surface area contributed by atoms with Crippen molar-refractivity contribution in [2.45, 2.75) is 6.42 Å². The van der Waals surface area contributed by atoms with Gasteiger partial charge in [-0.2, -0.15) is 5.26 Å². The molecule has 5 nitrogen and oxygen atoms in total. The van der Waals surface area contributed by atoms with Gasteiger partial charge in [0.05, 0.1) is 11.6 Å². The lowest BCUT2D eigenvalue weighted by atomic mass is 9.77. The van der Waals surface area contributed by atoms with Crippen LogP contribution >= 0.6 is 0 Å². The fraction of sp³-hybridized carbons (Fsp3) is 0.300. The molecule has 0 aliphatic heterocycles. The summed E-state index contributed by atoms with van der Waals surface area (Å²) in [6, 6.07) is 8.22. The van der Waals surface area contributed by atoms with Crippen LogP contribution < -0.4 is 5.46 Å². The average Bonchev–Trinajstić information content (AvgIpc) is 2.31. The van der Waals surface area contributed by atoms with Gasteiger partial charge >= 0.3 is 7.12 Å². The molecule has 16 heavy (non-hydrogen) atoms. The number of nitrogens with zero attached hydrogens (tertiary/aromatic N) is 1. The first kappa shape index (κ1) is 14.6. The van der Waals surface area contributed by atoms with Crippen molar-refractivity contribution in [2.24, 2.45) is 0 Å². The molecule has 1 rings (SSSR count). The Labute approximate surface area is 94.4 Å². The third-order valence-electron chi connectivity index (χ3n) is 1.68. The first-order valence-corrected chi connectivity index (χ1v) is 4.74. The summed E-state index contributed by atoms with van der Waals surface area (Å²) >= 11 is 0. The highest BCUT2D eigenvalue weighted by molar-refractivity contribution is 6.59. The van der Waals surface area contributed by atoms with Crippen LogP contribution in [0.4, 0.5) is 0 Å². The highest BCUT2D eigenvalue weighted by Crippen LogP contribution is 1.93. The van der Waals surface area contributed by atoms with Gasteiger partial charge in [0.1, 0.15) is 0 Å². The maximum absolute atomic E-state index is 8.74. The van der Waals surface area contributed by atoms with Crippen LogP contribution in [0.2, 0.25) is 0 Å². The van der Waals surface area contributed by atoms with E-state index in [0.717, 1.165) is 0 Å². The third kappa shape index (κ3) is 5.48. The van der Waals surface area contributed by atoms with E-state index in [-0.39, 0.29) is 18.7 Å². The van der Waals surface area contributed by atoms with Gasteiger partial charge in [-0.3, -0.25) is 0 Å². The quantitative estimate of drug-likeness (QED) is 0.471. The molecule has 1 aromatic rings. The van der Waals surface area contributed by atoms with Crippen molar-refractivity contribution < 1.29 is 20.3 Å². The monoisotopic (exact) mass is 223 g/mol. The van der Waals surface area contributed by atoms with Crippen LogP contribution in [0, 0.1) is 11.3 Å². The number of aliphatic hydroxyl groups is 2. The van der Waals surface area contributed by atoms with E-state index in [0.29, 0.717) is 12.0 Å². The van der Waals surface area contributed by atoms with Gasteiger partial charge in [0.15, 0.2) is 0 Å². The lowest BCUT2D eigenvalue weighted by Crippen LogP contribution is -2.31. The maximum atomic E-state index is 8.74. The second-order valence-corrected chi connectivity index (χ2v) is 2.87. The van der Waals surface area contributed by atoms with Gasteiger partial charge in [-0.25, -0.2) is 0 Å². The summed E-state index contributed by atoms with van der Waals surface area (Å²) in [6.45, 7) is 0.188. The van der Waals surface area contributed by atoms with Crippen LogP contribution in [0.25, 0.3) is 0 Å². The Kier molecular flexibility index (Phi) is 8.12. The molecule has 0 saturated carbocycles. The predicted molar refractivity (Wildman–Crippen MR) is 59.8 cm³/mol. The summed E-state index contributed by atoms with van der Waals surface area (Å²) in [4.78, 5) is 0. The number of hydrogen-bond acceptors (Lipinski definition) is 5. The molecule has 0 aromatic heterocycles. The average molecular weight is 223 g/mol. The van der Waals surface area contributed by atoms with Gasteiger partial charge in [0, 0.05) is 13.2 Å². The van der Waals surface area contributed by atoms with E-state index < -0.39 is 7.12 Å². The number of benzene rings is 1. The minimum atomic E-state index is -1.56. The molecule has 0 unspecified atom stereocenters. The molecule has 1 aromatic carbocycles. The molecule has 0 fully saturated rings. The van der Waals surface area contributed by atoms with Gasteiger partial charge in [-0.15, -0.1) is 0 Å². The topological polar surface area (TPSA) is 105 Å². The minimum Gasteiger partial charge on any atom is -0.423 e. The van der Waals surface area contributed by atoms with E-state index in [1.165, 1.54) is 12.1 Å². The van der Waals surface area contributed by atoms with Crippen molar-refractivity contribution in [3.8, 4) is 6.07 Å². The molecular formula is C10H14BNO4. The lowest BCUT2D eigenvalue weighted by molar-refractivity contribution is 0.221. The SMILES string of the molecule is N#Cc1ccccc1B(O)O.OCCCO. The van der Waals surface area contributed by atoms with Gasteiger partial charge in [-0.1, -0.05) is 18.2 Å². The van der Waals surface area contributed by atoms with Crippen LogP contribution in [-0.4, -0.2) is 40.6 Å². The van der Waals surface area contributed by atoms with Crippen molar-refractivity contribution in [1.82, 2.24) is 0 Å². The molecule has 0 aliphatic rings. The highest BCUT2D eigenvalue weighted by atomic mass is 16.4. The van der Waals surface area contributed by atoms with Gasteiger partial charge < -0.3 is 20.3 Å². The van der Waals surface area contributed by atoms with Crippen LogP contribution in [0.15, 0.2) is 24.3 Å². The Balaban J connectivity index is 0.000000385. The summed E-state index contributed by atoms with van der Waals surface area (Å²) in [7, 11) is -1.56. The van der Waals surface area contributed by atoms with Crippen molar-refractivity contribution in [1.29, 1.82) is 5.26 Å². The Hall–Kier alpha value is -1.39. The Morgan fingerprint density at radius 2 is 1.69 bits per heavy atom. The summed E-state index contributed by atoms with van der Waals surface area (Å²) in [5.74, 6) is 0. The number of nitriles is 1. The zero-order chi connectivity index (χ0) is 12.4. The van der Waals surface area contributed by atoms with Gasteiger partial charge in [0.2, 0.25) is 0 Å². The molecule has 0 aliphatic carbocycles. The van der Waals surface area contributed by atoms with Gasteiger partial charge in [-0.05, 0) is 17.9 Å². The standard InChI is InChI=1S/C7H6BNO2.C3H8O2/c9-5-6-3-1-2-4-7(6)8(10)11;4-2-1-3-5/h1-4,10-11H;4-5H,1-3H2. The molecule has 0 radical (unpaired) electrons. The largest absolute Gasteiger partial charge is 0.489 e. The first-order chi connectivity index (χ1) is 7.67. The summed E-state index contributed by atoms with van der Waals surface area (Å²) in [5.41, 5.74) is 0.539. The minimum absolute atomic E-state index is 0.0938. The van der Waals surface area contributed by atoms with Crippen LogP contribution in [0.3, 0.4) is 0 Å². The number of hydrogen-bond donors (Lipinski definition) is 4. The lowest BCUT2D eigenvalue weighted by Gasteiger charge is -1.99. The van der Waals surface area contributed by atoms with E-state index in [9.17, 15) is 0 Å². The fourth-order valence-electron chi connectivity index (χ4n) is 0.895. The zero-order valence-electron chi connectivity index (χ0n) is 8.74. The van der Waals surface area contributed by atoms with E-state index in [1.54, 1.807) is 12.1 Å². The highest BCUT2D eigenvalue weighted by Gasteiger charge is 2.14. The fourth-order valence-corrected chi connectivity index (χ4v) is 0.895. The van der Waals surface area contributed by atoms with Crippen molar-refractivity contribution in [2.75, 3.05) is 13.2 Å².